The Morgan fingerprint density at radius 2 is 1.79 bits per heavy atom. The van der Waals surface area contributed by atoms with E-state index >= 15 is 0 Å². The van der Waals surface area contributed by atoms with Gasteiger partial charge in [0.2, 0.25) is 0 Å². The topological polar surface area (TPSA) is 85.2 Å². The van der Waals surface area contributed by atoms with Crippen LogP contribution in [-0.2, 0) is 0 Å². The first-order chi connectivity index (χ1) is 19.1. The van der Waals surface area contributed by atoms with Gasteiger partial charge in [0.05, 0.1) is 35.7 Å². The number of methoxy groups -OCH3 is 1. The van der Waals surface area contributed by atoms with E-state index in [9.17, 15) is 10.1 Å². The lowest BCUT2D eigenvalue weighted by Gasteiger charge is -2.07. The van der Waals surface area contributed by atoms with Crippen LogP contribution >= 0.6 is 11.3 Å². The van der Waals surface area contributed by atoms with Gasteiger partial charge in [-0.3, -0.25) is 9.20 Å². The molecule has 3 aromatic heterocycles. The van der Waals surface area contributed by atoms with Gasteiger partial charge in [0, 0.05) is 28.9 Å². The largest absolute Gasteiger partial charge is 0.497 e. The van der Waals surface area contributed by atoms with Crippen molar-refractivity contribution in [2.75, 3.05) is 7.11 Å². The van der Waals surface area contributed by atoms with Gasteiger partial charge < -0.3 is 4.74 Å². The van der Waals surface area contributed by atoms with Crippen LogP contribution in [0.1, 0.15) is 16.8 Å². The number of hydrogen-bond acceptors (Lipinski definition) is 6. The number of aromatic nitrogens is 4. The Kier molecular flexibility index (Phi) is 6.33. The van der Waals surface area contributed by atoms with Crippen molar-refractivity contribution in [2.45, 2.75) is 0 Å². The van der Waals surface area contributed by atoms with E-state index in [-0.39, 0.29) is 5.56 Å². The third-order valence-electron chi connectivity index (χ3n) is 6.32. The molecule has 0 aliphatic rings. The Morgan fingerprint density at radius 3 is 2.56 bits per heavy atom. The number of rotatable bonds is 6. The zero-order chi connectivity index (χ0) is 26.8. The van der Waals surface area contributed by atoms with Crippen LogP contribution < -0.4 is 10.3 Å². The van der Waals surface area contributed by atoms with Gasteiger partial charge in [0.1, 0.15) is 11.4 Å². The Hall–Kier alpha value is -5.26. The molecule has 7 nitrogen and oxygen atoms in total. The molecule has 0 saturated heterocycles. The van der Waals surface area contributed by atoms with Gasteiger partial charge in [-0.15, -0.1) is 11.3 Å². The van der Waals surface area contributed by atoms with E-state index in [1.807, 2.05) is 83.0 Å². The number of thiazole rings is 1. The molecule has 0 radical (unpaired) electrons. The monoisotopic (exact) mass is 527 g/mol. The third-order valence-corrected chi connectivity index (χ3v) is 7.08. The maximum Gasteiger partial charge on any atom is 0.266 e. The number of ether oxygens (including phenoxy) is 1. The summed E-state index contributed by atoms with van der Waals surface area (Å²) in [5, 5.41) is 15.9. The van der Waals surface area contributed by atoms with E-state index in [4.69, 9.17) is 14.8 Å². The fraction of sp³-hybridized carbons (Fsp3) is 0.0323. The Morgan fingerprint density at radius 1 is 0.974 bits per heavy atom. The van der Waals surface area contributed by atoms with Gasteiger partial charge in [-0.2, -0.15) is 10.4 Å². The van der Waals surface area contributed by atoms with E-state index in [1.165, 1.54) is 11.3 Å². The molecule has 0 amide bonds. The van der Waals surface area contributed by atoms with E-state index in [0.29, 0.717) is 27.3 Å². The molecule has 0 unspecified atom stereocenters. The van der Waals surface area contributed by atoms with Crippen molar-refractivity contribution >= 4 is 28.4 Å². The molecule has 0 aliphatic heterocycles. The van der Waals surface area contributed by atoms with Crippen molar-refractivity contribution in [3.05, 3.63) is 124 Å². The molecule has 0 fully saturated rings. The Balaban J connectivity index is 1.52. The summed E-state index contributed by atoms with van der Waals surface area (Å²) in [4.78, 5) is 18.9. The van der Waals surface area contributed by atoms with E-state index in [1.54, 1.807) is 42.0 Å². The second kappa shape index (κ2) is 10.2. The number of benzene rings is 3. The van der Waals surface area contributed by atoms with Crippen LogP contribution in [0.25, 0.3) is 45.2 Å². The van der Waals surface area contributed by atoms with E-state index < -0.39 is 0 Å². The normalized spacial score (nSPS) is 11.2. The van der Waals surface area contributed by atoms with Crippen LogP contribution in [-0.4, -0.2) is 26.3 Å². The second-order valence-corrected chi connectivity index (χ2v) is 9.57. The predicted molar refractivity (Wildman–Crippen MR) is 154 cm³/mol. The summed E-state index contributed by atoms with van der Waals surface area (Å²) in [6, 6.07) is 26.7. The molecule has 0 atom stereocenters. The first-order valence-corrected chi connectivity index (χ1v) is 13.0. The smallest absolute Gasteiger partial charge is 0.266 e. The summed E-state index contributed by atoms with van der Waals surface area (Å²) < 4.78 is 8.83. The molecule has 39 heavy (non-hydrogen) atoms. The van der Waals surface area contributed by atoms with Crippen molar-refractivity contribution in [1.82, 2.24) is 19.2 Å². The highest BCUT2D eigenvalue weighted by atomic mass is 32.1. The Bertz CT molecular complexity index is 1930. The zero-order valence-corrected chi connectivity index (χ0v) is 21.7. The molecule has 0 bridgehead atoms. The molecule has 8 heteroatoms. The van der Waals surface area contributed by atoms with Crippen LogP contribution in [0, 0.1) is 11.3 Å². The SMILES string of the molecule is COc1cccc(-c2nn(-c3ccccc3)cc2/C=C/c2nc3sccn3c(=O)c2-c2ccc(C#N)cc2)c1. The van der Waals surface area contributed by atoms with Crippen LogP contribution in [0.15, 0.2) is 101 Å². The lowest BCUT2D eigenvalue weighted by atomic mass is 10.0. The van der Waals surface area contributed by atoms with Crippen molar-refractivity contribution in [3.63, 3.8) is 0 Å². The van der Waals surface area contributed by atoms with Gasteiger partial charge in [0.25, 0.3) is 5.56 Å². The number of nitriles is 1. The maximum absolute atomic E-state index is 13.5. The van der Waals surface area contributed by atoms with Gasteiger partial charge in [-0.25, -0.2) is 9.67 Å². The van der Waals surface area contributed by atoms with Gasteiger partial charge in [-0.05, 0) is 54.1 Å². The standard InChI is InChI=1S/C31H21N5O2S/c1-38-26-9-5-6-23(18-26)29-24(20-36(34-29)25-7-3-2-4-8-25)14-15-27-28(22-12-10-21(19-32)11-13-22)30(37)35-16-17-39-31(35)33-27/h2-18,20H,1H3/b15-14+. The van der Waals surface area contributed by atoms with Crippen molar-refractivity contribution < 1.29 is 4.74 Å². The summed E-state index contributed by atoms with van der Waals surface area (Å²) >= 11 is 1.40. The average Bonchev–Trinajstić information content (AvgIpc) is 3.64. The summed E-state index contributed by atoms with van der Waals surface area (Å²) in [5.74, 6) is 0.734. The number of nitrogens with zero attached hydrogens (tertiary/aromatic N) is 5. The summed E-state index contributed by atoms with van der Waals surface area (Å²) in [7, 11) is 1.64. The fourth-order valence-electron chi connectivity index (χ4n) is 4.39. The van der Waals surface area contributed by atoms with E-state index in [2.05, 4.69) is 6.07 Å². The molecule has 6 rings (SSSR count). The minimum Gasteiger partial charge on any atom is -0.497 e. The third kappa shape index (κ3) is 4.63. The first kappa shape index (κ1) is 24.1. The summed E-state index contributed by atoms with van der Waals surface area (Å²) in [6.07, 6.45) is 7.46. The van der Waals surface area contributed by atoms with Crippen molar-refractivity contribution in [2.24, 2.45) is 0 Å². The van der Waals surface area contributed by atoms with Crippen molar-refractivity contribution in [1.29, 1.82) is 5.26 Å². The lowest BCUT2D eigenvalue weighted by molar-refractivity contribution is 0.415. The van der Waals surface area contributed by atoms with Gasteiger partial charge in [-0.1, -0.05) is 42.5 Å². The highest BCUT2D eigenvalue weighted by molar-refractivity contribution is 7.15. The van der Waals surface area contributed by atoms with Crippen LogP contribution in [0.2, 0.25) is 0 Å². The highest BCUT2D eigenvalue weighted by Crippen LogP contribution is 2.29. The molecule has 0 N–H and O–H groups in total. The maximum atomic E-state index is 13.5. The minimum absolute atomic E-state index is 0.168. The molecule has 6 aromatic rings. The quantitative estimate of drug-likeness (QED) is 0.253. The van der Waals surface area contributed by atoms with Crippen LogP contribution in [0.5, 0.6) is 5.75 Å². The molecule has 0 spiro atoms. The lowest BCUT2D eigenvalue weighted by Crippen LogP contribution is -2.16. The van der Waals surface area contributed by atoms with E-state index in [0.717, 1.165) is 28.3 Å². The molecule has 188 valence electrons. The fourth-order valence-corrected chi connectivity index (χ4v) is 5.10. The Labute approximate surface area is 228 Å². The number of para-hydroxylation sites is 1. The van der Waals surface area contributed by atoms with Crippen LogP contribution in [0.3, 0.4) is 0 Å². The predicted octanol–water partition coefficient (Wildman–Crippen LogP) is 6.33. The van der Waals surface area contributed by atoms with Crippen molar-refractivity contribution in [3.8, 4) is 39.9 Å². The second-order valence-electron chi connectivity index (χ2n) is 8.70. The van der Waals surface area contributed by atoms with Crippen LogP contribution in [0.4, 0.5) is 0 Å². The highest BCUT2D eigenvalue weighted by Gasteiger charge is 2.16. The molecule has 0 saturated carbocycles. The minimum atomic E-state index is -0.168. The molecule has 3 aromatic carbocycles. The number of hydrogen-bond donors (Lipinski definition) is 0. The molecular formula is C31H21N5O2S. The molecule has 0 aliphatic carbocycles. The number of fused-ring (bicyclic) bond motifs is 1. The molecular weight excluding hydrogens is 506 g/mol. The summed E-state index contributed by atoms with van der Waals surface area (Å²) in [6.45, 7) is 0. The average molecular weight is 528 g/mol. The molecule has 3 heterocycles. The van der Waals surface area contributed by atoms with Gasteiger partial charge >= 0.3 is 0 Å². The summed E-state index contributed by atoms with van der Waals surface area (Å²) in [5.41, 5.74) is 5.50. The zero-order valence-electron chi connectivity index (χ0n) is 20.9. The van der Waals surface area contributed by atoms with Gasteiger partial charge in [0.15, 0.2) is 4.96 Å². The first-order valence-electron chi connectivity index (χ1n) is 12.1.